The van der Waals surface area contributed by atoms with Gasteiger partial charge < -0.3 is 10.1 Å². The Morgan fingerprint density at radius 2 is 1.52 bits per heavy atom. The van der Waals surface area contributed by atoms with Gasteiger partial charge >= 0.3 is 5.24 Å². The van der Waals surface area contributed by atoms with Crippen molar-refractivity contribution in [3.05, 3.63) is 126 Å². The predicted molar refractivity (Wildman–Crippen MR) is 164 cm³/mol. The minimum absolute atomic E-state index is 0.242. The van der Waals surface area contributed by atoms with Crippen molar-refractivity contribution in [2.24, 2.45) is 4.99 Å². The van der Waals surface area contributed by atoms with Gasteiger partial charge in [0.1, 0.15) is 11.6 Å². The molecule has 5 aromatic rings. The van der Waals surface area contributed by atoms with Gasteiger partial charge in [0.15, 0.2) is 0 Å². The van der Waals surface area contributed by atoms with E-state index in [0.717, 1.165) is 61.9 Å². The number of anilines is 1. The molecule has 196 valence electrons. The number of ether oxygens (including phenoxy) is 1. The molecule has 1 aromatic heterocycles. The molecule has 1 N–H and O–H groups in total. The van der Waals surface area contributed by atoms with Crippen molar-refractivity contribution >= 4 is 34.6 Å². The highest BCUT2D eigenvalue weighted by Crippen LogP contribution is 2.32. The number of amidine groups is 1. The molecule has 6 rings (SSSR count). The van der Waals surface area contributed by atoms with Gasteiger partial charge in [0.25, 0.3) is 0 Å². The van der Waals surface area contributed by atoms with Crippen LogP contribution in [0.15, 0.2) is 125 Å². The van der Waals surface area contributed by atoms with Gasteiger partial charge in [0.2, 0.25) is 0 Å². The molecule has 1 amide bonds. The maximum Gasteiger partial charge on any atom is 0.311 e. The van der Waals surface area contributed by atoms with Crippen molar-refractivity contribution in [3.8, 4) is 34.0 Å². The lowest BCUT2D eigenvalue weighted by molar-refractivity contribution is 0.268. The average Bonchev–Trinajstić information content (AvgIpc) is 3.59. The Bertz CT molecular complexity index is 1690. The summed E-state index contributed by atoms with van der Waals surface area (Å²) in [6, 6.07) is 38.3. The van der Waals surface area contributed by atoms with Crippen molar-refractivity contribution in [1.82, 2.24) is 9.78 Å². The second-order valence-electron chi connectivity index (χ2n) is 9.07. The number of carbonyl (C=O) groups excluding carboxylic acids is 1. The van der Waals surface area contributed by atoms with E-state index in [0.29, 0.717) is 12.4 Å². The third kappa shape index (κ3) is 5.60. The van der Waals surface area contributed by atoms with E-state index in [2.05, 4.69) is 40.6 Å². The maximum atomic E-state index is 12.2. The number of thioether (sulfide) groups is 1. The van der Waals surface area contributed by atoms with Crippen LogP contribution in [0.4, 0.5) is 10.5 Å². The molecule has 0 fully saturated rings. The van der Waals surface area contributed by atoms with E-state index >= 15 is 0 Å². The van der Waals surface area contributed by atoms with Gasteiger partial charge in [-0.3, -0.25) is 4.79 Å². The lowest BCUT2D eigenvalue weighted by Gasteiger charge is -2.09. The van der Waals surface area contributed by atoms with E-state index in [1.54, 1.807) is 0 Å². The van der Waals surface area contributed by atoms with Gasteiger partial charge in [-0.25, -0.2) is 4.68 Å². The van der Waals surface area contributed by atoms with Crippen molar-refractivity contribution in [1.29, 1.82) is 0 Å². The minimum atomic E-state index is -0.242. The van der Waals surface area contributed by atoms with Crippen molar-refractivity contribution in [2.45, 2.75) is 6.92 Å². The third-order valence-corrected chi connectivity index (χ3v) is 7.14. The van der Waals surface area contributed by atoms with Gasteiger partial charge in [-0.2, -0.15) is 10.1 Å². The summed E-state index contributed by atoms with van der Waals surface area (Å²) in [6.07, 6.45) is 1.97. The van der Waals surface area contributed by atoms with Crippen molar-refractivity contribution in [2.75, 3.05) is 11.9 Å². The van der Waals surface area contributed by atoms with Crippen LogP contribution >= 0.6 is 11.8 Å². The first-order valence-corrected chi connectivity index (χ1v) is 13.8. The summed E-state index contributed by atoms with van der Waals surface area (Å²) in [5.74, 6) is 1.33. The summed E-state index contributed by atoms with van der Waals surface area (Å²) in [4.78, 5) is 17.1. The molecule has 0 saturated heterocycles. The van der Waals surface area contributed by atoms with Gasteiger partial charge in [-0.15, -0.1) is 0 Å². The van der Waals surface area contributed by atoms with Crippen LogP contribution in [0.3, 0.4) is 0 Å². The minimum Gasteiger partial charge on any atom is -0.494 e. The normalized spacial score (nSPS) is 13.9. The van der Waals surface area contributed by atoms with Crippen LogP contribution in [0.1, 0.15) is 12.5 Å². The summed E-state index contributed by atoms with van der Waals surface area (Å²) in [7, 11) is 0. The smallest absolute Gasteiger partial charge is 0.311 e. The van der Waals surface area contributed by atoms with E-state index < -0.39 is 0 Å². The van der Waals surface area contributed by atoms with Crippen LogP contribution in [-0.4, -0.2) is 27.5 Å². The molecule has 1 aliphatic heterocycles. The fourth-order valence-electron chi connectivity index (χ4n) is 4.44. The van der Waals surface area contributed by atoms with Gasteiger partial charge in [0.05, 0.1) is 28.6 Å². The number of amides is 1. The lowest BCUT2D eigenvalue weighted by Crippen LogP contribution is -2.10. The SMILES string of the molecule is CCOc1ccc(NC2=NC(=O)S/C2=C\c2ccc(-n3nc(-c4ccccc4)cc3-c3ccccc3)cc2)cc1. The van der Waals surface area contributed by atoms with E-state index in [-0.39, 0.29) is 5.24 Å². The fraction of sp³-hybridized carbons (Fsp3) is 0.0606. The third-order valence-electron chi connectivity index (χ3n) is 6.35. The number of carbonyl (C=O) groups is 1. The first-order chi connectivity index (χ1) is 19.7. The van der Waals surface area contributed by atoms with Crippen LogP contribution in [0.5, 0.6) is 5.75 Å². The number of nitrogens with one attached hydrogen (secondary N) is 1. The summed E-state index contributed by atoms with van der Waals surface area (Å²) >= 11 is 1.11. The Morgan fingerprint density at radius 1 is 0.850 bits per heavy atom. The van der Waals surface area contributed by atoms with Crippen LogP contribution in [0, 0.1) is 0 Å². The Hall–Kier alpha value is -4.88. The molecule has 4 aromatic carbocycles. The van der Waals surface area contributed by atoms with E-state index in [1.165, 1.54) is 0 Å². The Balaban J connectivity index is 1.28. The second kappa shape index (κ2) is 11.5. The topological polar surface area (TPSA) is 68.5 Å². The summed E-state index contributed by atoms with van der Waals surface area (Å²) < 4.78 is 7.49. The highest BCUT2D eigenvalue weighted by atomic mass is 32.2. The number of rotatable bonds is 7. The summed E-state index contributed by atoms with van der Waals surface area (Å²) in [5, 5.41) is 7.98. The molecule has 2 heterocycles. The number of nitrogens with zero attached hydrogens (tertiary/aromatic N) is 3. The van der Waals surface area contributed by atoms with Gasteiger partial charge in [0, 0.05) is 16.8 Å². The monoisotopic (exact) mass is 542 g/mol. The second-order valence-corrected chi connectivity index (χ2v) is 10.1. The average molecular weight is 543 g/mol. The molecule has 0 saturated carbocycles. The first-order valence-electron chi connectivity index (χ1n) is 13.0. The standard InChI is InChI=1S/C33H26N4O2S/c1-2-39-28-19-15-26(16-20-28)34-32-31(40-33(38)35-32)21-23-13-17-27(18-14-23)37-30(25-11-7-4-8-12-25)22-29(36-37)24-9-5-3-6-10-24/h3-22H,2H2,1H3,(H,34,35,38)/b31-21-. The molecule has 7 heteroatoms. The van der Waals surface area contributed by atoms with Crippen molar-refractivity contribution < 1.29 is 9.53 Å². The fourth-order valence-corrected chi connectivity index (χ4v) is 5.16. The number of aromatic nitrogens is 2. The summed E-state index contributed by atoms with van der Waals surface area (Å²) in [6.45, 7) is 2.56. The van der Waals surface area contributed by atoms with Crippen molar-refractivity contribution in [3.63, 3.8) is 0 Å². The molecule has 0 spiro atoms. The molecular weight excluding hydrogens is 516 g/mol. The van der Waals surface area contributed by atoms with E-state index in [4.69, 9.17) is 9.84 Å². The summed E-state index contributed by atoms with van der Waals surface area (Å²) in [5.41, 5.74) is 6.81. The van der Waals surface area contributed by atoms with Crippen LogP contribution in [0.2, 0.25) is 0 Å². The lowest BCUT2D eigenvalue weighted by atomic mass is 10.1. The zero-order valence-corrected chi connectivity index (χ0v) is 22.6. The highest BCUT2D eigenvalue weighted by molar-refractivity contribution is 8.18. The highest BCUT2D eigenvalue weighted by Gasteiger charge is 2.22. The molecular formula is C33H26N4O2S. The maximum absolute atomic E-state index is 12.2. The molecule has 0 bridgehead atoms. The largest absolute Gasteiger partial charge is 0.494 e. The Morgan fingerprint density at radius 3 is 2.20 bits per heavy atom. The van der Waals surface area contributed by atoms with Crippen LogP contribution in [0.25, 0.3) is 34.3 Å². The molecule has 40 heavy (non-hydrogen) atoms. The number of aliphatic imine (C=N–C) groups is 1. The molecule has 0 aliphatic carbocycles. The molecule has 6 nitrogen and oxygen atoms in total. The Kier molecular flexibility index (Phi) is 7.28. The van der Waals surface area contributed by atoms with E-state index in [1.807, 2.05) is 103 Å². The van der Waals surface area contributed by atoms with Crippen LogP contribution in [-0.2, 0) is 0 Å². The number of hydrogen-bond acceptors (Lipinski definition) is 5. The zero-order valence-electron chi connectivity index (χ0n) is 21.8. The molecule has 0 radical (unpaired) electrons. The predicted octanol–water partition coefficient (Wildman–Crippen LogP) is 8.32. The zero-order chi connectivity index (χ0) is 27.3. The number of benzene rings is 4. The molecule has 1 aliphatic rings. The Labute approximate surface area is 237 Å². The van der Waals surface area contributed by atoms with Gasteiger partial charge in [-0.1, -0.05) is 72.8 Å². The number of hydrogen-bond donors (Lipinski definition) is 1. The molecule has 0 unspecified atom stereocenters. The molecule has 0 atom stereocenters. The van der Waals surface area contributed by atoms with Gasteiger partial charge in [-0.05, 0) is 72.8 Å². The van der Waals surface area contributed by atoms with E-state index in [9.17, 15) is 4.79 Å². The quantitative estimate of drug-likeness (QED) is 0.224. The first kappa shape index (κ1) is 25.4. The van der Waals surface area contributed by atoms with Crippen LogP contribution < -0.4 is 10.1 Å².